The number of rotatable bonds is 8. The van der Waals surface area contributed by atoms with Gasteiger partial charge in [-0.1, -0.05) is 19.3 Å². The SMILES string of the molecule is COc1ccc(Nc2nc(NCC3CCCCC3)nc(OC3CC4CCC3CC4)n2)cc1F. The first kappa shape index (κ1) is 22.2. The highest BCUT2D eigenvalue weighted by Gasteiger charge is 2.37. The maximum atomic E-state index is 14.2. The molecule has 1 atom stereocenters. The summed E-state index contributed by atoms with van der Waals surface area (Å²) in [6.45, 7) is 0.841. The van der Waals surface area contributed by atoms with Gasteiger partial charge in [-0.25, -0.2) is 4.39 Å². The Kier molecular flexibility index (Phi) is 6.78. The van der Waals surface area contributed by atoms with Crippen LogP contribution in [0.1, 0.15) is 64.2 Å². The molecule has 6 rings (SSSR count). The largest absolute Gasteiger partial charge is 0.494 e. The molecule has 8 heteroatoms. The molecule has 4 saturated carbocycles. The molecule has 1 unspecified atom stereocenters. The second-order valence-electron chi connectivity index (χ2n) is 9.80. The predicted molar refractivity (Wildman–Crippen MR) is 126 cm³/mol. The van der Waals surface area contributed by atoms with Crippen LogP contribution in [-0.2, 0) is 0 Å². The van der Waals surface area contributed by atoms with Crippen molar-refractivity contribution in [2.75, 3.05) is 24.3 Å². The molecule has 2 bridgehead atoms. The van der Waals surface area contributed by atoms with Crippen LogP contribution in [0.2, 0.25) is 0 Å². The molecule has 2 N–H and O–H groups in total. The summed E-state index contributed by atoms with van der Waals surface area (Å²) in [6.07, 6.45) is 12.7. The van der Waals surface area contributed by atoms with E-state index in [1.165, 1.54) is 71.0 Å². The lowest BCUT2D eigenvalue weighted by atomic mass is 9.69. The molecule has 4 fully saturated rings. The average Bonchev–Trinajstić information content (AvgIpc) is 2.84. The molecule has 4 aliphatic rings. The van der Waals surface area contributed by atoms with Crippen LogP contribution >= 0.6 is 0 Å². The van der Waals surface area contributed by atoms with E-state index in [0.717, 1.165) is 18.9 Å². The van der Waals surface area contributed by atoms with E-state index in [1.807, 2.05) is 0 Å². The summed E-state index contributed by atoms with van der Waals surface area (Å²) in [7, 11) is 1.45. The van der Waals surface area contributed by atoms with Crippen molar-refractivity contribution >= 4 is 17.6 Å². The minimum Gasteiger partial charge on any atom is -0.494 e. The van der Waals surface area contributed by atoms with Crippen molar-refractivity contribution in [3.05, 3.63) is 24.0 Å². The minimum absolute atomic E-state index is 0.164. The van der Waals surface area contributed by atoms with Crippen molar-refractivity contribution in [1.82, 2.24) is 15.0 Å². The number of aromatic nitrogens is 3. The van der Waals surface area contributed by atoms with Gasteiger partial charge in [-0.2, -0.15) is 15.0 Å². The quantitative estimate of drug-likeness (QED) is 0.527. The number of benzene rings is 1. The number of methoxy groups -OCH3 is 1. The first-order valence-corrected chi connectivity index (χ1v) is 12.4. The van der Waals surface area contributed by atoms with E-state index in [-0.39, 0.29) is 11.9 Å². The molecule has 0 amide bonds. The number of ether oxygens (including phenoxy) is 2. The summed E-state index contributed by atoms with van der Waals surface area (Å²) in [6, 6.07) is 5.03. The molecule has 0 saturated heterocycles. The summed E-state index contributed by atoms with van der Waals surface area (Å²) in [5.41, 5.74) is 0.542. The molecular weight excluding hydrogens is 421 g/mol. The molecule has 1 heterocycles. The first-order valence-electron chi connectivity index (χ1n) is 12.4. The molecule has 178 valence electrons. The molecule has 4 aliphatic carbocycles. The van der Waals surface area contributed by atoms with E-state index < -0.39 is 5.82 Å². The lowest BCUT2D eigenvalue weighted by Gasteiger charge is -2.41. The lowest BCUT2D eigenvalue weighted by Crippen LogP contribution is -2.39. The van der Waals surface area contributed by atoms with E-state index in [9.17, 15) is 4.39 Å². The van der Waals surface area contributed by atoms with E-state index in [2.05, 4.69) is 25.6 Å². The van der Waals surface area contributed by atoms with Crippen LogP contribution in [0.3, 0.4) is 0 Å². The van der Waals surface area contributed by atoms with Gasteiger partial charge in [-0.15, -0.1) is 0 Å². The van der Waals surface area contributed by atoms with Crippen LogP contribution in [-0.4, -0.2) is 34.7 Å². The van der Waals surface area contributed by atoms with Gasteiger partial charge in [-0.05, 0) is 74.8 Å². The summed E-state index contributed by atoms with van der Waals surface area (Å²) < 4.78 is 25.5. The zero-order valence-electron chi connectivity index (χ0n) is 19.4. The predicted octanol–water partition coefficient (Wildman–Crippen LogP) is 5.71. The van der Waals surface area contributed by atoms with Gasteiger partial charge >= 0.3 is 6.01 Å². The van der Waals surface area contributed by atoms with Gasteiger partial charge in [0.25, 0.3) is 0 Å². The maximum absolute atomic E-state index is 14.2. The Hall–Kier alpha value is -2.64. The van der Waals surface area contributed by atoms with Gasteiger partial charge in [-0.3, -0.25) is 0 Å². The Bertz CT molecular complexity index is 944. The fraction of sp³-hybridized carbons (Fsp3) is 0.640. The van der Waals surface area contributed by atoms with Crippen molar-refractivity contribution in [2.45, 2.75) is 70.3 Å². The fourth-order valence-corrected chi connectivity index (χ4v) is 5.64. The molecule has 2 aromatic rings. The van der Waals surface area contributed by atoms with E-state index in [4.69, 9.17) is 9.47 Å². The first-order chi connectivity index (χ1) is 16.2. The third-order valence-electron chi connectivity index (χ3n) is 7.54. The fourth-order valence-electron chi connectivity index (χ4n) is 5.64. The standard InChI is InChI=1S/C25H34FN5O2/c1-32-21-12-11-19(14-20(21)26)28-24-29-23(27-15-17-5-3-2-4-6-17)30-25(31-24)33-22-13-16-7-9-18(22)10-8-16/h11-12,14,16-18,22H,2-10,13,15H2,1H3,(H2,27,28,29,30,31). The molecule has 0 radical (unpaired) electrons. The van der Waals surface area contributed by atoms with Gasteiger partial charge in [0, 0.05) is 18.3 Å². The summed E-state index contributed by atoms with van der Waals surface area (Å²) in [4.78, 5) is 13.7. The Morgan fingerprint density at radius 3 is 2.45 bits per heavy atom. The number of nitrogens with zero attached hydrogens (tertiary/aromatic N) is 3. The molecule has 0 aliphatic heterocycles. The van der Waals surface area contributed by atoms with Gasteiger partial charge < -0.3 is 20.1 Å². The summed E-state index contributed by atoms with van der Waals surface area (Å²) >= 11 is 0. The molecule has 7 nitrogen and oxygen atoms in total. The van der Waals surface area contributed by atoms with Crippen molar-refractivity contribution in [3.8, 4) is 11.8 Å². The highest BCUT2D eigenvalue weighted by atomic mass is 19.1. The van der Waals surface area contributed by atoms with E-state index in [0.29, 0.717) is 35.4 Å². The second-order valence-corrected chi connectivity index (χ2v) is 9.80. The van der Waals surface area contributed by atoms with Crippen LogP contribution in [0, 0.1) is 23.6 Å². The van der Waals surface area contributed by atoms with Crippen molar-refractivity contribution < 1.29 is 13.9 Å². The van der Waals surface area contributed by atoms with E-state index in [1.54, 1.807) is 12.1 Å². The number of anilines is 3. The smallest absolute Gasteiger partial charge is 0.323 e. The Labute approximate surface area is 194 Å². The van der Waals surface area contributed by atoms with Crippen molar-refractivity contribution in [2.24, 2.45) is 17.8 Å². The molecule has 1 aromatic heterocycles. The normalized spacial score (nSPS) is 25.0. The number of halogens is 1. The maximum Gasteiger partial charge on any atom is 0.323 e. The zero-order valence-corrected chi connectivity index (χ0v) is 19.4. The van der Waals surface area contributed by atoms with Crippen LogP contribution in [0.4, 0.5) is 22.0 Å². The molecule has 1 aromatic carbocycles. The zero-order chi connectivity index (χ0) is 22.6. The third-order valence-corrected chi connectivity index (χ3v) is 7.54. The number of hydrogen-bond donors (Lipinski definition) is 2. The van der Waals surface area contributed by atoms with Crippen LogP contribution in [0.15, 0.2) is 18.2 Å². The van der Waals surface area contributed by atoms with Crippen LogP contribution < -0.4 is 20.1 Å². The van der Waals surface area contributed by atoms with Gasteiger partial charge in [0.1, 0.15) is 6.10 Å². The van der Waals surface area contributed by atoms with E-state index >= 15 is 0 Å². The minimum atomic E-state index is -0.443. The van der Waals surface area contributed by atoms with Gasteiger partial charge in [0.2, 0.25) is 11.9 Å². The number of fused-ring (bicyclic) bond motifs is 3. The Morgan fingerprint density at radius 1 is 0.970 bits per heavy atom. The molecular formula is C25H34FN5O2. The Morgan fingerprint density at radius 2 is 1.76 bits per heavy atom. The Balaban J connectivity index is 1.34. The number of nitrogens with one attached hydrogen (secondary N) is 2. The average molecular weight is 456 g/mol. The van der Waals surface area contributed by atoms with Crippen molar-refractivity contribution in [1.29, 1.82) is 0 Å². The van der Waals surface area contributed by atoms with Gasteiger partial charge in [0.15, 0.2) is 11.6 Å². The molecule has 33 heavy (non-hydrogen) atoms. The third kappa shape index (κ3) is 5.47. The van der Waals surface area contributed by atoms with Crippen LogP contribution in [0.5, 0.6) is 11.8 Å². The van der Waals surface area contributed by atoms with Gasteiger partial charge in [0.05, 0.1) is 7.11 Å². The highest BCUT2D eigenvalue weighted by molar-refractivity contribution is 5.56. The number of hydrogen-bond acceptors (Lipinski definition) is 7. The lowest BCUT2D eigenvalue weighted by molar-refractivity contribution is 0.0143. The summed E-state index contributed by atoms with van der Waals surface area (Å²) in [5, 5.41) is 6.51. The second kappa shape index (κ2) is 10.1. The monoisotopic (exact) mass is 455 g/mol. The van der Waals surface area contributed by atoms with Crippen LogP contribution in [0.25, 0.3) is 0 Å². The van der Waals surface area contributed by atoms with Crippen molar-refractivity contribution in [3.63, 3.8) is 0 Å². The molecule has 0 spiro atoms. The summed E-state index contributed by atoms with van der Waals surface area (Å²) in [5.74, 6) is 2.58. The highest BCUT2D eigenvalue weighted by Crippen LogP contribution is 2.42. The topological polar surface area (TPSA) is 81.2 Å².